The van der Waals surface area contributed by atoms with Crippen LogP contribution in [0.2, 0.25) is 0 Å². The second-order valence-electron chi connectivity index (χ2n) is 5.81. The van der Waals surface area contributed by atoms with Gasteiger partial charge in [0.2, 0.25) is 0 Å². The van der Waals surface area contributed by atoms with Gasteiger partial charge in [-0.05, 0) is 31.2 Å². The van der Waals surface area contributed by atoms with Gasteiger partial charge in [-0.15, -0.1) is 10.2 Å². The molecule has 7 nitrogen and oxygen atoms in total. The van der Waals surface area contributed by atoms with Crippen LogP contribution < -0.4 is 5.32 Å². The molecule has 0 aliphatic rings. The number of anilines is 1. The third kappa shape index (κ3) is 2.91. The fourth-order valence-electron chi connectivity index (χ4n) is 2.77. The molecule has 25 heavy (non-hydrogen) atoms. The first-order valence-electron chi connectivity index (χ1n) is 8.00. The van der Waals surface area contributed by atoms with Gasteiger partial charge in [0.25, 0.3) is 0 Å². The van der Waals surface area contributed by atoms with Gasteiger partial charge in [-0.25, -0.2) is 9.97 Å². The van der Waals surface area contributed by atoms with Crippen molar-refractivity contribution in [2.45, 2.75) is 13.0 Å². The lowest BCUT2D eigenvalue weighted by Crippen LogP contribution is -2.13. The van der Waals surface area contributed by atoms with Gasteiger partial charge in [0.05, 0.1) is 11.6 Å². The molecule has 1 atom stereocenters. The standard InChI is InChI=1S/C18H17N7/c1-12(18-24-20-11-25(18)2)21-17-14-5-3-4-6-15(14)22-16(23-17)13-7-9-19-10-8-13/h3-12H,1-2H3,(H,21,22,23)/t12-/m0/s1. The zero-order valence-electron chi connectivity index (χ0n) is 14.0. The van der Waals surface area contributed by atoms with E-state index in [1.165, 1.54) is 0 Å². The Morgan fingerprint density at radius 3 is 2.60 bits per heavy atom. The summed E-state index contributed by atoms with van der Waals surface area (Å²) < 4.78 is 1.89. The minimum atomic E-state index is -0.0453. The molecule has 0 bridgehead atoms. The number of nitrogens with zero attached hydrogens (tertiary/aromatic N) is 6. The number of pyridine rings is 1. The lowest BCUT2D eigenvalue weighted by molar-refractivity contribution is 0.717. The Morgan fingerprint density at radius 1 is 1.04 bits per heavy atom. The highest BCUT2D eigenvalue weighted by Gasteiger charge is 2.15. The average Bonchev–Trinajstić information content (AvgIpc) is 3.08. The molecule has 0 amide bonds. The zero-order valence-corrected chi connectivity index (χ0v) is 14.0. The lowest BCUT2D eigenvalue weighted by Gasteiger charge is -2.16. The predicted octanol–water partition coefficient (Wildman–Crippen LogP) is 2.99. The van der Waals surface area contributed by atoms with Crippen LogP contribution in [0.15, 0.2) is 55.1 Å². The Bertz CT molecular complexity index is 1010. The number of fused-ring (bicyclic) bond motifs is 1. The fourth-order valence-corrected chi connectivity index (χ4v) is 2.77. The van der Waals surface area contributed by atoms with Crippen molar-refractivity contribution in [1.82, 2.24) is 29.7 Å². The third-order valence-corrected chi connectivity index (χ3v) is 4.03. The van der Waals surface area contributed by atoms with Crippen LogP contribution in [0.1, 0.15) is 18.8 Å². The minimum absolute atomic E-state index is 0.0453. The van der Waals surface area contributed by atoms with Gasteiger partial charge in [-0.1, -0.05) is 12.1 Å². The van der Waals surface area contributed by atoms with Crippen LogP contribution in [-0.2, 0) is 7.05 Å². The van der Waals surface area contributed by atoms with Crippen LogP contribution in [0.25, 0.3) is 22.3 Å². The fraction of sp³-hybridized carbons (Fsp3) is 0.167. The normalized spacial score (nSPS) is 12.2. The van der Waals surface area contributed by atoms with E-state index in [9.17, 15) is 0 Å². The van der Waals surface area contributed by atoms with Crippen LogP contribution in [0, 0.1) is 0 Å². The van der Waals surface area contributed by atoms with Crippen LogP contribution in [0.5, 0.6) is 0 Å². The van der Waals surface area contributed by atoms with Gasteiger partial charge in [0.15, 0.2) is 11.6 Å². The molecule has 4 rings (SSSR count). The first kappa shape index (κ1) is 15.2. The highest BCUT2D eigenvalue weighted by atomic mass is 15.3. The SMILES string of the molecule is C[C@H](Nc1nc(-c2ccncc2)nc2ccccc12)c1nncn1C. The summed E-state index contributed by atoms with van der Waals surface area (Å²) in [5, 5.41) is 12.5. The summed E-state index contributed by atoms with van der Waals surface area (Å²) in [6.45, 7) is 2.03. The van der Waals surface area contributed by atoms with E-state index < -0.39 is 0 Å². The van der Waals surface area contributed by atoms with E-state index in [4.69, 9.17) is 4.98 Å². The van der Waals surface area contributed by atoms with E-state index in [2.05, 4.69) is 25.5 Å². The molecule has 0 spiro atoms. The summed E-state index contributed by atoms with van der Waals surface area (Å²) in [7, 11) is 1.92. The number of para-hydroxylation sites is 1. The molecule has 1 N–H and O–H groups in total. The molecular formula is C18H17N7. The van der Waals surface area contributed by atoms with Crippen molar-refractivity contribution in [2.24, 2.45) is 7.05 Å². The maximum Gasteiger partial charge on any atom is 0.162 e. The summed E-state index contributed by atoms with van der Waals surface area (Å²) in [5.74, 6) is 2.27. The second-order valence-corrected chi connectivity index (χ2v) is 5.81. The van der Waals surface area contributed by atoms with Crippen LogP contribution in [-0.4, -0.2) is 29.7 Å². The molecule has 0 aliphatic carbocycles. The number of hydrogen-bond donors (Lipinski definition) is 1. The van der Waals surface area contributed by atoms with E-state index in [-0.39, 0.29) is 6.04 Å². The van der Waals surface area contributed by atoms with Crippen molar-refractivity contribution >= 4 is 16.7 Å². The van der Waals surface area contributed by atoms with E-state index in [0.29, 0.717) is 5.82 Å². The van der Waals surface area contributed by atoms with Crippen LogP contribution in [0.4, 0.5) is 5.82 Å². The number of aryl methyl sites for hydroxylation is 1. The Morgan fingerprint density at radius 2 is 1.84 bits per heavy atom. The summed E-state index contributed by atoms with van der Waals surface area (Å²) in [5.41, 5.74) is 1.81. The molecule has 3 heterocycles. The maximum atomic E-state index is 4.74. The zero-order chi connectivity index (χ0) is 17.2. The molecule has 3 aromatic heterocycles. The molecule has 0 saturated carbocycles. The molecule has 124 valence electrons. The predicted molar refractivity (Wildman–Crippen MR) is 95.8 cm³/mol. The average molecular weight is 331 g/mol. The minimum Gasteiger partial charge on any atom is -0.360 e. The van der Waals surface area contributed by atoms with Crippen molar-refractivity contribution in [3.05, 3.63) is 60.9 Å². The smallest absolute Gasteiger partial charge is 0.162 e. The highest BCUT2D eigenvalue weighted by Crippen LogP contribution is 2.27. The van der Waals surface area contributed by atoms with Crippen molar-refractivity contribution in [2.75, 3.05) is 5.32 Å². The lowest BCUT2D eigenvalue weighted by atomic mass is 10.2. The van der Waals surface area contributed by atoms with Crippen LogP contribution in [0.3, 0.4) is 0 Å². The Hall–Kier alpha value is -3.35. The molecule has 0 unspecified atom stereocenters. The first-order chi connectivity index (χ1) is 12.2. The number of rotatable bonds is 4. The summed E-state index contributed by atoms with van der Waals surface area (Å²) in [4.78, 5) is 13.5. The van der Waals surface area contributed by atoms with Crippen LogP contribution >= 0.6 is 0 Å². The monoisotopic (exact) mass is 331 g/mol. The Kier molecular flexibility index (Phi) is 3.81. The number of benzene rings is 1. The second kappa shape index (κ2) is 6.27. The van der Waals surface area contributed by atoms with Crippen molar-refractivity contribution in [1.29, 1.82) is 0 Å². The summed E-state index contributed by atoms with van der Waals surface area (Å²) >= 11 is 0. The molecule has 0 radical (unpaired) electrons. The Balaban J connectivity index is 1.80. The summed E-state index contributed by atoms with van der Waals surface area (Å²) in [6, 6.07) is 11.7. The van der Waals surface area contributed by atoms with Gasteiger partial charge in [0.1, 0.15) is 12.1 Å². The molecule has 0 saturated heterocycles. The number of hydrogen-bond acceptors (Lipinski definition) is 6. The largest absolute Gasteiger partial charge is 0.360 e. The number of nitrogens with one attached hydrogen (secondary N) is 1. The summed E-state index contributed by atoms with van der Waals surface area (Å²) in [6.07, 6.45) is 5.17. The number of aromatic nitrogens is 6. The molecule has 0 aliphatic heterocycles. The van der Waals surface area contributed by atoms with E-state index in [1.807, 2.05) is 54.9 Å². The van der Waals surface area contributed by atoms with Gasteiger partial charge >= 0.3 is 0 Å². The van der Waals surface area contributed by atoms with Gasteiger partial charge in [-0.2, -0.15) is 0 Å². The van der Waals surface area contributed by atoms with Gasteiger partial charge < -0.3 is 9.88 Å². The molecule has 1 aromatic carbocycles. The molecule has 4 aromatic rings. The van der Waals surface area contributed by atoms with E-state index in [1.54, 1.807) is 18.7 Å². The molecule has 7 heteroatoms. The van der Waals surface area contributed by atoms with Gasteiger partial charge in [0, 0.05) is 30.4 Å². The van der Waals surface area contributed by atoms with E-state index >= 15 is 0 Å². The van der Waals surface area contributed by atoms with E-state index in [0.717, 1.165) is 28.1 Å². The van der Waals surface area contributed by atoms with Crippen molar-refractivity contribution in [3.63, 3.8) is 0 Å². The topological polar surface area (TPSA) is 81.4 Å². The highest BCUT2D eigenvalue weighted by molar-refractivity contribution is 5.90. The maximum absolute atomic E-state index is 4.74. The molecular weight excluding hydrogens is 314 g/mol. The van der Waals surface area contributed by atoms with Crippen molar-refractivity contribution in [3.8, 4) is 11.4 Å². The third-order valence-electron chi connectivity index (χ3n) is 4.03. The van der Waals surface area contributed by atoms with Crippen molar-refractivity contribution < 1.29 is 0 Å². The molecule has 0 fully saturated rings. The first-order valence-corrected chi connectivity index (χ1v) is 8.00. The van der Waals surface area contributed by atoms with Gasteiger partial charge in [-0.3, -0.25) is 4.98 Å². The quantitative estimate of drug-likeness (QED) is 0.619. The Labute approximate surface area is 144 Å².